The number of piperidine rings is 1. The lowest BCUT2D eigenvalue weighted by atomic mass is 9.79. The Morgan fingerprint density at radius 2 is 1.85 bits per heavy atom. The quantitative estimate of drug-likeness (QED) is 0.727. The molecule has 1 aliphatic heterocycles. The van der Waals surface area contributed by atoms with Crippen LogP contribution in [-0.4, -0.2) is 23.0 Å². The zero-order valence-electron chi connectivity index (χ0n) is 13.2. The fourth-order valence-corrected chi connectivity index (χ4v) is 3.66. The summed E-state index contributed by atoms with van der Waals surface area (Å²) in [5.74, 6) is 1.94. The number of hydrogen-bond acceptors (Lipinski definition) is 2. The molecule has 2 rings (SSSR count). The molecule has 0 radical (unpaired) electrons. The molecule has 1 aromatic heterocycles. The maximum Gasteiger partial charge on any atom is 0.0543 e. The van der Waals surface area contributed by atoms with Gasteiger partial charge in [-0.1, -0.05) is 45.6 Å². The molecule has 0 aliphatic carbocycles. The maximum atomic E-state index is 4.44. The first-order chi connectivity index (χ1) is 9.83. The van der Waals surface area contributed by atoms with Gasteiger partial charge in [0.1, 0.15) is 0 Å². The molecule has 0 atom stereocenters. The summed E-state index contributed by atoms with van der Waals surface area (Å²) in [7, 11) is 0. The van der Waals surface area contributed by atoms with E-state index in [1.54, 1.807) is 0 Å². The highest BCUT2D eigenvalue weighted by molar-refractivity contribution is 5.03. The lowest BCUT2D eigenvalue weighted by molar-refractivity contribution is 0.131. The highest BCUT2D eigenvalue weighted by Gasteiger charge is 2.25. The van der Waals surface area contributed by atoms with Crippen LogP contribution in [0, 0.1) is 11.8 Å². The fraction of sp³-hybridized carbons (Fsp3) is 0.722. The van der Waals surface area contributed by atoms with Crippen LogP contribution in [0.4, 0.5) is 0 Å². The molecular weight excluding hydrogens is 244 g/mol. The topological polar surface area (TPSA) is 16.1 Å². The molecule has 1 fully saturated rings. The standard InChI is InChI=1S/C18H30N2/c1-3-7-16(8-4-2)17-10-13-20(14-11-17)15-18-9-5-6-12-19-18/h5-6,9,12,16-17H,3-4,7-8,10-11,13-15H2,1-2H3. The summed E-state index contributed by atoms with van der Waals surface area (Å²) in [4.78, 5) is 7.02. The molecule has 2 heterocycles. The van der Waals surface area contributed by atoms with E-state index < -0.39 is 0 Å². The van der Waals surface area contributed by atoms with Gasteiger partial charge in [-0.2, -0.15) is 0 Å². The Kier molecular flexibility index (Phi) is 6.52. The molecule has 0 aromatic carbocycles. The number of rotatable bonds is 7. The van der Waals surface area contributed by atoms with E-state index in [0.717, 1.165) is 18.4 Å². The van der Waals surface area contributed by atoms with Crippen molar-refractivity contribution in [3.8, 4) is 0 Å². The predicted octanol–water partition coefficient (Wildman–Crippen LogP) is 4.51. The molecule has 0 bridgehead atoms. The van der Waals surface area contributed by atoms with E-state index in [1.165, 1.54) is 57.3 Å². The van der Waals surface area contributed by atoms with Crippen LogP contribution in [-0.2, 0) is 6.54 Å². The second-order valence-electron chi connectivity index (χ2n) is 6.27. The van der Waals surface area contributed by atoms with Gasteiger partial charge in [-0.05, 0) is 49.9 Å². The lowest BCUT2D eigenvalue weighted by Gasteiger charge is -2.36. The number of hydrogen-bond donors (Lipinski definition) is 0. The third-order valence-corrected chi connectivity index (χ3v) is 4.73. The summed E-state index contributed by atoms with van der Waals surface area (Å²) in [6, 6.07) is 6.23. The molecule has 0 amide bonds. The maximum absolute atomic E-state index is 4.44. The van der Waals surface area contributed by atoms with Gasteiger partial charge in [-0.3, -0.25) is 9.88 Å². The Labute approximate surface area is 124 Å². The average molecular weight is 274 g/mol. The number of nitrogens with zero attached hydrogens (tertiary/aromatic N) is 2. The summed E-state index contributed by atoms with van der Waals surface area (Å²) >= 11 is 0. The third kappa shape index (κ3) is 4.59. The Morgan fingerprint density at radius 1 is 1.15 bits per heavy atom. The van der Waals surface area contributed by atoms with E-state index in [1.807, 2.05) is 12.3 Å². The van der Waals surface area contributed by atoms with Crippen molar-refractivity contribution in [3.05, 3.63) is 30.1 Å². The molecule has 2 nitrogen and oxygen atoms in total. The zero-order valence-corrected chi connectivity index (χ0v) is 13.2. The van der Waals surface area contributed by atoms with Gasteiger partial charge in [0.15, 0.2) is 0 Å². The van der Waals surface area contributed by atoms with E-state index >= 15 is 0 Å². The lowest BCUT2D eigenvalue weighted by Crippen LogP contribution is -2.35. The van der Waals surface area contributed by atoms with Crippen LogP contribution >= 0.6 is 0 Å². The van der Waals surface area contributed by atoms with Crippen LogP contribution in [0.5, 0.6) is 0 Å². The minimum Gasteiger partial charge on any atom is -0.297 e. The Balaban J connectivity index is 1.79. The summed E-state index contributed by atoms with van der Waals surface area (Å²) in [6.45, 7) is 8.20. The predicted molar refractivity (Wildman–Crippen MR) is 85.5 cm³/mol. The van der Waals surface area contributed by atoms with Gasteiger partial charge in [0.25, 0.3) is 0 Å². The molecule has 2 heteroatoms. The van der Waals surface area contributed by atoms with Crippen molar-refractivity contribution in [1.82, 2.24) is 9.88 Å². The van der Waals surface area contributed by atoms with Gasteiger partial charge in [0.05, 0.1) is 5.69 Å². The second-order valence-corrected chi connectivity index (χ2v) is 6.27. The van der Waals surface area contributed by atoms with Crippen molar-refractivity contribution in [3.63, 3.8) is 0 Å². The van der Waals surface area contributed by atoms with Crippen molar-refractivity contribution in [2.24, 2.45) is 11.8 Å². The van der Waals surface area contributed by atoms with Crippen LogP contribution in [0.25, 0.3) is 0 Å². The number of aromatic nitrogens is 1. The van der Waals surface area contributed by atoms with Crippen LogP contribution in [0.15, 0.2) is 24.4 Å². The highest BCUT2D eigenvalue weighted by Crippen LogP contribution is 2.31. The molecule has 0 N–H and O–H groups in total. The smallest absolute Gasteiger partial charge is 0.0543 e. The Morgan fingerprint density at radius 3 is 2.40 bits per heavy atom. The summed E-state index contributed by atoms with van der Waals surface area (Å²) in [6.07, 6.45) is 10.2. The van der Waals surface area contributed by atoms with Crippen molar-refractivity contribution in [2.75, 3.05) is 13.1 Å². The van der Waals surface area contributed by atoms with Gasteiger partial charge < -0.3 is 0 Å². The van der Waals surface area contributed by atoms with Crippen LogP contribution in [0.1, 0.15) is 58.1 Å². The number of pyridine rings is 1. The molecule has 112 valence electrons. The van der Waals surface area contributed by atoms with Crippen molar-refractivity contribution in [2.45, 2.75) is 58.9 Å². The Bertz CT molecular complexity index is 349. The average Bonchev–Trinajstić information content (AvgIpc) is 2.49. The van der Waals surface area contributed by atoms with Crippen LogP contribution in [0.2, 0.25) is 0 Å². The highest BCUT2D eigenvalue weighted by atomic mass is 15.1. The van der Waals surface area contributed by atoms with Crippen LogP contribution < -0.4 is 0 Å². The van der Waals surface area contributed by atoms with Crippen molar-refractivity contribution < 1.29 is 0 Å². The van der Waals surface area contributed by atoms with Crippen LogP contribution in [0.3, 0.4) is 0 Å². The first-order valence-corrected chi connectivity index (χ1v) is 8.45. The largest absolute Gasteiger partial charge is 0.297 e. The van der Waals surface area contributed by atoms with E-state index in [9.17, 15) is 0 Å². The number of likely N-dealkylation sites (tertiary alicyclic amines) is 1. The normalized spacial score (nSPS) is 17.8. The van der Waals surface area contributed by atoms with Gasteiger partial charge in [-0.15, -0.1) is 0 Å². The van der Waals surface area contributed by atoms with Gasteiger partial charge in [0, 0.05) is 12.7 Å². The van der Waals surface area contributed by atoms with E-state index in [2.05, 4.69) is 35.9 Å². The summed E-state index contributed by atoms with van der Waals surface area (Å²) in [5.41, 5.74) is 1.21. The van der Waals surface area contributed by atoms with Crippen molar-refractivity contribution in [1.29, 1.82) is 0 Å². The molecule has 20 heavy (non-hydrogen) atoms. The molecule has 1 aromatic rings. The summed E-state index contributed by atoms with van der Waals surface area (Å²) < 4.78 is 0. The SMILES string of the molecule is CCCC(CCC)C1CCN(Cc2ccccn2)CC1. The van der Waals surface area contributed by atoms with Crippen molar-refractivity contribution >= 4 is 0 Å². The minimum absolute atomic E-state index is 0.967. The monoisotopic (exact) mass is 274 g/mol. The molecule has 1 aliphatic rings. The van der Waals surface area contributed by atoms with Gasteiger partial charge in [0.2, 0.25) is 0 Å². The zero-order chi connectivity index (χ0) is 14.2. The molecule has 1 saturated heterocycles. The van der Waals surface area contributed by atoms with Gasteiger partial charge in [-0.25, -0.2) is 0 Å². The first-order valence-electron chi connectivity index (χ1n) is 8.45. The molecule has 0 unspecified atom stereocenters. The molecular formula is C18H30N2. The Hall–Kier alpha value is -0.890. The van der Waals surface area contributed by atoms with Gasteiger partial charge >= 0.3 is 0 Å². The van der Waals surface area contributed by atoms with E-state index in [-0.39, 0.29) is 0 Å². The third-order valence-electron chi connectivity index (χ3n) is 4.73. The first kappa shape index (κ1) is 15.5. The molecule has 0 saturated carbocycles. The van der Waals surface area contributed by atoms with E-state index in [4.69, 9.17) is 0 Å². The molecule has 0 spiro atoms. The fourth-order valence-electron chi connectivity index (χ4n) is 3.66. The van der Waals surface area contributed by atoms with E-state index in [0.29, 0.717) is 0 Å². The summed E-state index contributed by atoms with van der Waals surface area (Å²) in [5, 5.41) is 0. The minimum atomic E-state index is 0.967. The second kappa shape index (κ2) is 8.41.